The third kappa shape index (κ3) is 14.0. The van der Waals surface area contributed by atoms with E-state index in [4.69, 9.17) is 9.47 Å². The number of hydrogen-bond acceptors (Lipinski definition) is 4. The predicted octanol–water partition coefficient (Wildman–Crippen LogP) is 8.96. The molecule has 0 bridgehead atoms. The second-order valence-electron chi connectivity index (χ2n) is 10.7. The normalized spacial score (nSPS) is 10.9. The number of nitrogens with one attached hydrogen (secondary N) is 1. The smallest absolute Gasteiger partial charge is 0.262 e. The van der Waals surface area contributed by atoms with E-state index in [9.17, 15) is 4.79 Å². The zero-order valence-electron chi connectivity index (χ0n) is 24.5. The van der Waals surface area contributed by atoms with Crippen molar-refractivity contribution in [3.63, 3.8) is 0 Å². The van der Waals surface area contributed by atoms with E-state index in [1.54, 1.807) is 11.3 Å². The number of aromatic nitrogens is 1. The minimum Gasteiger partial charge on any atom is -0.493 e. The molecule has 0 aliphatic heterocycles. The Bertz CT molecular complexity index is 1050. The molecule has 1 N–H and O–H groups in total. The van der Waals surface area contributed by atoms with Gasteiger partial charge in [0.1, 0.15) is 11.5 Å². The van der Waals surface area contributed by atoms with Crippen LogP contribution in [0.15, 0.2) is 65.6 Å². The highest BCUT2D eigenvalue weighted by Crippen LogP contribution is 2.20. The molecule has 40 heavy (non-hydrogen) atoms. The van der Waals surface area contributed by atoms with Gasteiger partial charge in [0.15, 0.2) is 19.3 Å². The molecule has 1 amide bonds. The molecule has 0 saturated carbocycles. The molecule has 5 nitrogen and oxygen atoms in total. The number of thiazole rings is 1. The van der Waals surface area contributed by atoms with Gasteiger partial charge in [-0.05, 0) is 30.7 Å². The van der Waals surface area contributed by atoms with Gasteiger partial charge in [0, 0.05) is 17.3 Å². The number of carbonyl (C=O) groups excluding carboxylic acids is 1. The fourth-order valence-electron chi connectivity index (χ4n) is 4.74. The minimum atomic E-state index is -0.186. The van der Waals surface area contributed by atoms with E-state index in [0.29, 0.717) is 12.4 Å². The molecule has 0 aliphatic carbocycles. The van der Waals surface area contributed by atoms with Crippen LogP contribution in [0.1, 0.15) is 102 Å². The summed E-state index contributed by atoms with van der Waals surface area (Å²) in [6.45, 7) is 3.76. The van der Waals surface area contributed by atoms with Crippen LogP contribution in [-0.4, -0.2) is 19.1 Å². The number of anilines is 1. The molecule has 0 unspecified atom stereocenters. The summed E-state index contributed by atoms with van der Waals surface area (Å²) >= 11 is 1.67. The maximum atomic E-state index is 12.4. The Morgan fingerprint density at radius 1 is 0.775 bits per heavy atom. The first-order valence-electron chi connectivity index (χ1n) is 15.4. The largest absolute Gasteiger partial charge is 0.493 e. The number of rotatable bonds is 22. The molecule has 218 valence electrons. The number of benzene rings is 2. The van der Waals surface area contributed by atoms with E-state index < -0.39 is 0 Å². The van der Waals surface area contributed by atoms with Crippen LogP contribution in [-0.2, 0) is 11.3 Å². The summed E-state index contributed by atoms with van der Waals surface area (Å²) in [5.41, 5.74) is 4.02. The summed E-state index contributed by atoms with van der Waals surface area (Å²) in [6, 6.07) is 15.4. The van der Waals surface area contributed by atoms with Crippen LogP contribution in [0, 0.1) is 0 Å². The third-order valence-electron chi connectivity index (χ3n) is 7.07. The van der Waals surface area contributed by atoms with E-state index in [-0.39, 0.29) is 12.5 Å². The van der Waals surface area contributed by atoms with Gasteiger partial charge in [-0.3, -0.25) is 4.79 Å². The average molecular weight is 566 g/mol. The van der Waals surface area contributed by atoms with Gasteiger partial charge in [-0.1, -0.05) is 120 Å². The molecular formula is C34H49N2O3S+. The first kappa shape index (κ1) is 31.7. The average Bonchev–Trinajstić information content (AvgIpc) is 3.48. The number of ether oxygens (including phenoxy) is 2. The van der Waals surface area contributed by atoms with Gasteiger partial charge in [-0.25, -0.2) is 0 Å². The highest BCUT2D eigenvalue weighted by atomic mass is 32.1. The minimum absolute atomic E-state index is 0.0467. The lowest BCUT2D eigenvalue weighted by molar-refractivity contribution is -0.683. The Morgan fingerprint density at radius 2 is 1.38 bits per heavy atom. The number of hydrogen-bond donors (Lipinski definition) is 1. The van der Waals surface area contributed by atoms with Crippen molar-refractivity contribution in [2.75, 3.05) is 18.5 Å². The van der Waals surface area contributed by atoms with E-state index >= 15 is 0 Å². The molecule has 0 atom stereocenters. The maximum Gasteiger partial charge on any atom is 0.262 e. The van der Waals surface area contributed by atoms with E-state index in [0.717, 1.165) is 24.4 Å². The molecular weight excluding hydrogens is 516 g/mol. The lowest BCUT2D eigenvalue weighted by atomic mass is 10.0. The summed E-state index contributed by atoms with van der Waals surface area (Å²) in [5, 5.41) is 4.95. The third-order valence-corrected chi connectivity index (χ3v) is 7.74. The first-order chi connectivity index (χ1) is 19.7. The molecule has 3 aromatic rings. The van der Waals surface area contributed by atoms with Crippen LogP contribution in [0.3, 0.4) is 0 Å². The standard InChI is InChI=1S/C34H48N2O3S/c1-2-3-4-5-6-7-8-9-10-11-12-13-14-15-24-38-32-17-16-18-33(26-32)39-28-34(37)35-31-21-19-30(20-22-31)27-36-23-25-40-29-36/h16-23,25-26,29H,2-15,24,27-28H2,1H3/p+1. The molecule has 3 rings (SSSR count). The highest BCUT2D eigenvalue weighted by Gasteiger charge is 2.07. The monoisotopic (exact) mass is 565 g/mol. The summed E-state index contributed by atoms with van der Waals surface area (Å²) in [6.07, 6.45) is 21.0. The lowest BCUT2D eigenvalue weighted by Crippen LogP contribution is -2.30. The van der Waals surface area contributed by atoms with Crippen molar-refractivity contribution in [1.82, 2.24) is 0 Å². The van der Waals surface area contributed by atoms with Crippen LogP contribution in [0.4, 0.5) is 5.69 Å². The SMILES string of the molecule is CCCCCCCCCCCCCCCCOc1cccc(OCC(=O)Nc2ccc(C[n+]3ccsc3)cc2)c1. The molecule has 1 heterocycles. The Morgan fingerprint density at radius 3 is 1.98 bits per heavy atom. The van der Waals surface area contributed by atoms with E-state index in [2.05, 4.69) is 33.9 Å². The van der Waals surface area contributed by atoms with Crippen LogP contribution >= 0.6 is 11.3 Å². The van der Waals surface area contributed by atoms with E-state index in [1.807, 2.05) is 48.5 Å². The van der Waals surface area contributed by atoms with Crippen LogP contribution in [0.2, 0.25) is 0 Å². The molecule has 0 aliphatic rings. The zero-order chi connectivity index (χ0) is 28.1. The highest BCUT2D eigenvalue weighted by molar-refractivity contribution is 7.07. The van der Waals surface area contributed by atoms with Gasteiger partial charge in [0.25, 0.3) is 5.91 Å². The number of carbonyl (C=O) groups is 1. The van der Waals surface area contributed by atoms with Crippen molar-refractivity contribution in [3.05, 3.63) is 71.2 Å². The summed E-state index contributed by atoms with van der Waals surface area (Å²) in [7, 11) is 0. The summed E-state index contributed by atoms with van der Waals surface area (Å²) in [4.78, 5) is 12.4. The number of nitrogens with zero attached hydrogens (tertiary/aromatic N) is 1. The van der Waals surface area contributed by atoms with Crippen molar-refractivity contribution < 1.29 is 18.8 Å². The Labute approximate surface area is 245 Å². The summed E-state index contributed by atoms with van der Waals surface area (Å²) < 4.78 is 13.8. The molecule has 0 saturated heterocycles. The van der Waals surface area contributed by atoms with Crippen LogP contribution in [0.5, 0.6) is 11.5 Å². The number of amides is 1. The van der Waals surface area contributed by atoms with Gasteiger partial charge < -0.3 is 14.8 Å². The molecule has 2 aromatic carbocycles. The van der Waals surface area contributed by atoms with Gasteiger partial charge in [0.2, 0.25) is 5.51 Å². The second kappa shape index (κ2) is 20.1. The predicted molar refractivity (Wildman–Crippen MR) is 166 cm³/mol. The van der Waals surface area contributed by atoms with Crippen molar-refractivity contribution >= 4 is 22.9 Å². The molecule has 0 radical (unpaired) electrons. The van der Waals surface area contributed by atoms with Crippen molar-refractivity contribution in [3.8, 4) is 11.5 Å². The quantitative estimate of drug-likeness (QED) is 0.0977. The topological polar surface area (TPSA) is 51.4 Å². The van der Waals surface area contributed by atoms with Gasteiger partial charge in [0.05, 0.1) is 12.0 Å². The first-order valence-corrected chi connectivity index (χ1v) is 16.3. The van der Waals surface area contributed by atoms with Crippen LogP contribution < -0.4 is 19.4 Å². The Kier molecular flexibility index (Phi) is 15.9. The Balaban J connectivity index is 1.19. The molecule has 1 aromatic heterocycles. The van der Waals surface area contributed by atoms with Gasteiger partial charge >= 0.3 is 0 Å². The fraction of sp³-hybridized carbons (Fsp3) is 0.529. The van der Waals surface area contributed by atoms with Crippen molar-refractivity contribution in [2.24, 2.45) is 0 Å². The zero-order valence-corrected chi connectivity index (χ0v) is 25.3. The second-order valence-corrected chi connectivity index (χ2v) is 11.4. The van der Waals surface area contributed by atoms with E-state index in [1.165, 1.54) is 89.0 Å². The van der Waals surface area contributed by atoms with Gasteiger partial charge in [-0.2, -0.15) is 4.57 Å². The van der Waals surface area contributed by atoms with Gasteiger partial charge in [-0.15, -0.1) is 0 Å². The fourth-order valence-corrected chi connectivity index (χ4v) is 5.34. The van der Waals surface area contributed by atoms with Crippen LogP contribution in [0.25, 0.3) is 0 Å². The molecule has 0 fully saturated rings. The number of unbranched alkanes of at least 4 members (excludes halogenated alkanes) is 13. The molecule has 6 heteroatoms. The van der Waals surface area contributed by atoms with Crippen molar-refractivity contribution in [1.29, 1.82) is 0 Å². The maximum absolute atomic E-state index is 12.4. The summed E-state index contributed by atoms with van der Waals surface area (Å²) in [5.74, 6) is 1.23. The molecule has 0 spiro atoms. The Hall–Kier alpha value is -2.86. The van der Waals surface area contributed by atoms with Crippen molar-refractivity contribution in [2.45, 2.75) is 103 Å². The lowest BCUT2D eigenvalue weighted by Gasteiger charge is -2.10.